The number of benzene rings is 1. The molecule has 1 fully saturated rings. The molecule has 1 saturated heterocycles. The lowest BCUT2D eigenvalue weighted by Crippen LogP contribution is -2.47. The van der Waals surface area contributed by atoms with Gasteiger partial charge in [-0.25, -0.2) is 0 Å². The third kappa shape index (κ3) is 3.84. The van der Waals surface area contributed by atoms with E-state index in [0.717, 1.165) is 54.5 Å². The van der Waals surface area contributed by atoms with E-state index in [1.165, 1.54) is 5.56 Å². The molecule has 2 aromatic rings. The summed E-state index contributed by atoms with van der Waals surface area (Å²) >= 11 is 1.63. The molecular formula is C17H25N5O2S2. The maximum Gasteiger partial charge on any atom is 0.231 e. The quantitative estimate of drug-likeness (QED) is 0.835. The van der Waals surface area contributed by atoms with Gasteiger partial charge in [-0.1, -0.05) is 17.4 Å². The second kappa shape index (κ2) is 8.32. The number of hydrogen-bond acceptors (Lipinski definition) is 8. The van der Waals surface area contributed by atoms with Crippen LogP contribution in [0.2, 0.25) is 0 Å². The van der Waals surface area contributed by atoms with Crippen molar-refractivity contribution in [2.45, 2.75) is 19.9 Å². The summed E-state index contributed by atoms with van der Waals surface area (Å²) < 4.78 is 10.9. The molecule has 1 atom stereocenters. The first-order valence-electron chi connectivity index (χ1n) is 8.70. The number of ether oxygens (including phenoxy) is 2. The Morgan fingerprint density at radius 1 is 1.15 bits per heavy atom. The highest BCUT2D eigenvalue weighted by Crippen LogP contribution is 2.35. The Hall–Kier alpha value is -1.71. The van der Waals surface area contributed by atoms with Gasteiger partial charge in [-0.15, -0.1) is 10.2 Å². The van der Waals surface area contributed by atoms with Gasteiger partial charge in [0.25, 0.3) is 0 Å². The molecule has 0 saturated carbocycles. The highest BCUT2D eigenvalue weighted by Gasteiger charge is 2.25. The monoisotopic (exact) mass is 395 g/mol. The van der Waals surface area contributed by atoms with E-state index < -0.39 is 0 Å². The Kier molecular flexibility index (Phi) is 6.10. The molecule has 0 amide bonds. The molecular weight excluding hydrogens is 370 g/mol. The molecule has 1 aromatic heterocycles. The van der Waals surface area contributed by atoms with E-state index in [-0.39, 0.29) is 13.5 Å². The number of nitrogens with zero attached hydrogens (tertiary/aromatic N) is 4. The number of piperazine rings is 1. The Bertz CT molecular complexity index is 734. The summed E-state index contributed by atoms with van der Waals surface area (Å²) in [6, 6.07) is 6.60. The SMILES string of the molecule is CCNc1nnc(N2CCN([C@@H](C)c3ccc4c(c3)OCO4)CC2)s1.S. The first-order chi connectivity index (χ1) is 12.2. The maximum absolute atomic E-state index is 5.50. The van der Waals surface area contributed by atoms with Gasteiger partial charge in [0.05, 0.1) is 0 Å². The summed E-state index contributed by atoms with van der Waals surface area (Å²) in [4.78, 5) is 4.82. The van der Waals surface area contributed by atoms with Crippen molar-refractivity contribution in [3.05, 3.63) is 23.8 Å². The molecule has 26 heavy (non-hydrogen) atoms. The Labute approximate surface area is 164 Å². The molecule has 1 N–H and O–H groups in total. The van der Waals surface area contributed by atoms with E-state index in [0.29, 0.717) is 12.8 Å². The number of rotatable bonds is 5. The molecule has 2 aliphatic rings. The minimum absolute atomic E-state index is 0. The molecule has 0 aliphatic carbocycles. The van der Waals surface area contributed by atoms with E-state index in [4.69, 9.17) is 9.47 Å². The molecule has 0 radical (unpaired) electrons. The van der Waals surface area contributed by atoms with Crippen LogP contribution in [0.4, 0.5) is 10.3 Å². The average Bonchev–Trinajstić information content (AvgIpc) is 3.30. The lowest BCUT2D eigenvalue weighted by Gasteiger charge is -2.38. The van der Waals surface area contributed by atoms with Crippen LogP contribution in [0.1, 0.15) is 25.5 Å². The van der Waals surface area contributed by atoms with Gasteiger partial charge in [-0.3, -0.25) is 4.90 Å². The van der Waals surface area contributed by atoms with E-state index in [2.05, 4.69) is 51.3 Å². The molecule has 7 nitrogen and oxygen atoms in total. The van der Waals surface area contributed by atoms with E-state index in [1.807, 2.05) is 6.07 Å². The zero-order chi connectivity index (χ0) is 17.2. The van der Waals surface area contributed by atoms with Crippen LogP contribution in [-0.4, -0.2) is 54.6 Å². The standard InChI is InChI=1S/C17H23N5O2S.H2S/c1-3-18-16-19-20-17(25-16)22-8-6-21(7-9-22)12(2)13-4-5-14-15(10-13)24-11-23-14;/h4-5,10,12H,3,6-9,11H2,1-2H3,(H,18,19);1H2/t12-;/m0./s1. The molecule has 2 aliphatic heterocycles. The summed E-state index contributed by atoms with van der Waals surface area (Å²) in [6.07, 6.45) is 0. The molecule has 0 unspecified atom stereocenters. The minimum atomic E-state index is 0. The number of nitrogens with one attached hydrogen (secondary N) is 1. The zero-order valence-electron chi connectivity index (χ0n) is 15.1. The smallest absolute Gasteiger partial charge is 0.231 e. The molecule has 1 aromatic carbocycles. The number of hydrogen-bond donors (Lipinski definition) is 1. The second-order valence-corrected chi connectivity index (χ2v) is 7.19. The molecule has 9 heteroatoms. The Morgan fingerprint density at radius 3 is 2.69 bits per heavy atom. The summed E-state index contributed by atoms with van der Waals surface area (Å²) in [7, 11) is 0. The molecule has 0 spiro atoms. The van der Waals surface area contributed by atoms with Crippen LogP contribution in [0.25, 0.3) is 0 Å². The summed E-state index contributed by atoms with van der Waals surface area (Å²) in [6.45, 7) is 9.46. The molecule has 0 bridgehead atoms. The van der Waals surface area contributed by atoms with Gasteiger partial charge >= 0.3 is 0 Å². The van der Waals surface area contributed by atoms with Crippen molar-refractivity contribution in [3.8, 4) is 11.5 Å². The van der Waals surface area contributed by atoms with Crippen molar-refractivity contribution < 1.29 is 9.47 Å². The van der Waals surface area contributed by atoms with Crippen molar-refractivity contribution in [3.63, 3.8) is 0 Å². The summed E-state index contributed by atoms with van der Waals surface area (Å²) in [5.74, 6) is 1.70. The van der Waals surface area contributed by atoms with Gasteiger partial charge in [0, 0.05) is 38.8 Å². The fourth-order valence-corrected chi connectivity index (χ4v) is 4.11. The minimum Gasteiger partial charge on any atom is -0.454 e. The lowest BCUT2D eigenvalue weighted by molar-refractivity contribution is 0.173. The first kappa shape index (κ1) is 19.1. The summed E-state index contributed by atoms with van der Waals surface area (Å²) in [5.41, 5.74) is 1.27. The van der Waals surface area contributed by atoms with Gasteiger partial charge in [0.1, 0.15) is 0 Å². The van der Waals surface area contributed by atoms with E-state index in [1.54, 1.807) is 11.3 Å². The fraction of sp³-hybridized carbons (Fsp3) is 0.529. The van der Waals surface area contributed by atoms with Gasteiger partial charge in [-0.2, -0.15) is 13.5 Å². The predicted molar refractivity (Wildman–Crippen MR) is 109 cm³/mol. The Balaban J connectivity index is 0.00000196. The van der Waals surface area contributed by atoms with Gasteiger partial charge in [-0.05, 0) is 31.5 Å². The molecule has 4 rings (SSSR count). The largest absolute Gasteiger partial charge is 0.454 e. The van der Waals surface area contributed by atoms with Crippen molar-refractivity contribution >= 4 is 35.1 Å². The highest BCUT2D eigenvalue weighted by molar-refractivity contribution is 7.59. The van der Waals surface area contributed by atoms with Crippen LogP contribution in [-0.2, 0) is 0 Å². The van der Waals surface area contributed by atoms with Crippen LogP contribution in [0.3, 0.4) is 0 Å². The second-order valence-electron chi connectivity index (χ2n) is 6.23. The van der Waals surface area contributed by atoms with Crippen LogP contribution in [0, 0.1) is 0 Å². The van der Waals surface area contributed by atoms with E-state index >= 15 is 0 Å². The topological polar surface area (TPSA) is 62.8 Å². The van der Waals surface area contributed by atoms with Gasteiger partial charge < -0.3 is 19.7 Å². The van der Waals surface area contributed by atoms with Gasteiger partial charge in [0.15, 0.2) is 11.5 Å². The van der Waals surface area contributed by atoms with Crippen LogP contribution >= 0.6 is 24.8 Å². The Morgan fingerprint density at radius 2 is 1.92 bits per heavy atom. The predicted octanol–water partition coefficient (Wildman–Crippen LogP) is 2.69. The highest BCUT2D eigenvalue weighted by atomic mass is 32.1. The number of fused-ring (bicyclic) bond motifs is 1. The van der Waals surface area contributed by atoms with E-state index in [9.17, 15) is 0 Å². The molecule has 142 valence electrons. The van der Waals surface area contributed by atoms with Gasteiger partial charge in [0.2, 0.25) is 17.1 Å². The lowest BCUT2D eigenvalue weighted by atomic mass is 10.1. The van der Waals surface area contributed by atoms with Crippen molar-refractivity contribution in [1.29, 1.82) is 0 Å². The average molecular weight is 396 g/mol. The number of aromatic nitrogens is 2. The van der Waals surface area contributed by atoms with Crippen LogP contribution in [0.5, 0.6) is 11.5 Å². The molecule has 3 heterocycles. The van der Waals surface area contributed by atoms with Crippen molar-refractivity contribution in [1.82, 2.24) is 15.1 Å². The maximum atomic E-state index is 5.50. The summed E-state index contributed by atoms with van der Waals surface area (Å²) in [5, 5.41) is 13.6. The first-order valence-corrected chi connectivity index (χ1v) is 9.52. The van der Waals surface area contributed by atoms with Crippen LogP contribution < -0.4 is 19.7 Å². The van der Waals surface area contributed by atoms with Crippen molar-refractivity contribution in [2.24, 2.45) is 0 Å². The van der Waals surface area contributed by atoms with Crippen LogP contribution in [0.15, 0.2) is 18.2 Å². The zero-order valence-corrected chi connectivity index (χ0v) is 16.9. The normalized spacial score (nSPS) is 17.7. The number of anilines is 2. The third-order valence-electron chi connectivity index (χ3n) is 4.75. The third-order valence-corrected chi connectivity index (χ3v) is 5.70. The van der Waals surface area contributed by atoms with Crippen molar-refractivity contribution in [2.75, 3.05) is 49.7 Å². The fourth-order valence-electron chi connectivity index (χ4n) is 3.25.